The van der Waals surface area contributed by atoms with Crippen LogP contribution in [0, 0.1) is 13.8 Å². The highest BCUT2D eigenvalue weighted by Crippen LogP contribution is 2.18. The van der Waals surface area contributed by atoms with Crippen molar-refractivity contribution in [3.63, 3.8) is 0 Å². The van der Waals surface area contributed by atoms with E-state index in [1.807, 2.05) is 44.2 Å². The van der Waals surface area contributed by atoms with Gasteiger partial charge in [0.25, 0.3) is 5.78 Å². The summed E-state index contributed by atoms with van der Waals surface area (Å²) in [4.78, 5) is 20.8. The van der Waals surface area contributed by atoms with E-state index in [-0.39, 0.29) is 5.91 Å². The van der Waals surface area contributed by atoms with E-state index < -0.39 is 0 Å². The third-order valence-corrected chi connectivity index (χ3v) is 4.37. The van der Waals surface area contributed by atoms with Crippen molar-refractivity contribution in [1.82, 2.24) is 19.6 Å². The van der Waals surface area contributed by atoms with Gasteiger partial charge < -0.3 is 10.1 Å². The Morgan fingerprint density at radius 2 is 2.00 bits per heavy atom. The Labute approximate surface area is 149 Å². The van der Waals surface area contributed by atoms with Crippen LogP contribution in [-0.2, 0) is 4.79 Å². The predicted molar refractivity (Wildman–Crippen MR) is 97.2 cm³/mol. The molecule has 7 nitrogen and oxygen atoms in total. The van der Waals surface area contributed by atoms with Crippen LogP contribution in [-0.4, -0.2) is 38.4 Å². The molecule has 3 rings (SSSR count). The molecular weight excluding hydrogens is 338 g/mol. The van der Waals surface area contributed by atoms with Gasteiger partial charge in [0, 0.05) is 29.2 Å². The Morgan fingerprint density at radius 3 is 2.72 bits per heavy atom. The first-order chi connectivity index (χ1) is 12.0. The number of aryl methyl sites for hydroxylation is 2. The molecule has 0 aliphatic heterocycles. The van der Waals surface area contributed by atoms with Crippen LogP contribution in [0.3, 0.4) is 0 Å². The largest absolute Gasteiger partial charge is 0.497 e. The maximum atomic E-state index is 12.0. The van der Waals surface area contributed by atoms with E-state index in [4.69, 9.17) is 4.74 Å². The Balaban J connectivity index is 1.53. The number of nitrogens with one attached hydrogen (secondary N) is 1. The van der Waals surface area contributed by atoms with Crippen molar-refractivity contribution in [3.8, 4) is 5.75 Å². The molecule has 2 heterocycles. The van der Waals surface area contributed by atoms with Gasteiger partial charge in [-0.15, -0.1) is 5.10 Å². The third-order valence-electron chi connectivity index (χ3n) is 3.53. The van der Waals surface area contributed by atoms with E-state index in [0.717, 1.165) is 22.8 Å². The molecule has 1 amide bonds. The monoisotopic (exact) mass is 357 g/mol. The van der Waals surface area contributed by atoms with Gasteiger partial charge in [-0.25, -0.2) is 9.50 Å². The summed E-state index contributed by atoms with van der Waals surface area (Å²) in [7, 11) is 1.61. The molecule has 8 heteroatoms. The molecular formula is C17H19N5O2S. The van der Waals surface area contributed by atoms with E-state index in [1.54, 1.807) is 11.6 Å². The summed E-state index contributed by atoms with van der Waals surface area (Å²) in [6.07, 6.45) is 0.373. The highest BCUT2D eigenvalue weighted by Gasteiger charge is 2.09. The average Bonchev–Trinajstić information content (AvgIpc) is 2.98. The fourth-order valence-electron chi connectivity index (χ4n) is 2.34. The lowest BCUT2D eigenvalue weighted by molar-refractivity contribution is -0.115. The minimum Gasteiger partial charge on any atom is -0.497 e. The fourth-order valence-corrected chi connectivity index (χ4v) is 3.10. The molecule has 0 aliphatic rings. The highest BCUT2D eigenvalue weighted by atomic mass is 32.2. The number of hydrogen-bond acceptors (Lipinski definition) is 6. The fraction of sp³-hybridized carbons (Fsp3) is 0.294. The van der Waals surface area contributed by atoms with E-state index in [9.17, 15) is 4.79 Å². The Bertz CT molecular complexity index is 892. The van der Waals surface area contributed by atoms with Crippen LogP contribution in [0.2, 0.25) is 0 Å². The molecule has 0 saturated carbocycles. The zero-order valence-electron chi connectivity index (χ0n) is 14.3. The first-order valence-corrected chi connectivity index (χ1v) is 8.81. The number of methoxy groups -OCH3 is 1. The summed E-state index contributed by atoms with van der Waals surface area (Å²) in [6.45, 7) is 3.89. The zero-order chi connectivity index (χ0) is 17.8. The van der Waals surface area contributed by atoms with E-state index in [1.165, 1.54) is 11.8 Å². The molecule has 1 N–H and O–H groups in total. The van der Waals surface area contributed by atoms with Crippen molar-refractivity contribution >= 4 is 29.1 Å². The molecule has 1 aromatic carbocycles. The second-order valence-electron chi connectivity index (χ2n) is 5.52. The normalized spacial score (nSPS) is 10.8. The van der Waals surface area contributed by atoms with Gasteiger partial charge in [-0.05, 0) is 44.2 Å². The molecule has 2 aromatic heterocycles. The SMILES string of the molecule is COc1ccc(NC(=O)CCSc2nc3nc(C)cc(C)n3n2)cc1. The lowest BCUT2D eigenvalue weighted by Gasteiger charge is -2.05. The maximum absolute atomic E-state index is 12.0. The van der Waals surface area contributed by atoms with Gasteiger partial charge in [0.1, 0.15) is 5.75 Å². The lowest BCUT2D eigenvalue weighted by Crippen LogP contribution is -2.12. The number of hydrogen-bond donors (Lipinski definition) is 1. The predicted octanol–water partition coefficient (Wildman–Crippen LogP) is 2.87. The Hall–Kier alpha value is -2.61. The molecule has 0 spiro atoms. The van der Waals surface area contributed by atoms with Crippen LogP contribution in [0.25, 0.3) is 5.78 Å². The summed E-state index contributed by atoms with van der Waals surface area (Å²) >= 11 is 1.44. The molecule has 25 heavy (non-hydrogen) atoms. The van der Waals surface area contributed by atoms with E-state index >= 15 is 0 Å². The minimum absolute atomic E-state index is 0.0495. The molecule has 0 saturated heterocycles. The van der Waals surface area contributed by atoms with Crippen molar-refractivity contribution in [1.29, 1.82) is 0 Å². The number of carbonyl (C=O) groups is 1. The number of rotatable bonds is 6. The number of ether oxygens (including phenoxy) is 1. The second-order valence-corrected chi connectivity index (χ2v) is 6.58. The summed E-state index contributed by atoms with van der Waals surface area (Å²) in [5.74, 6) is 1.89. The van der Waals surface area contributed by atoms with Gasteiger partial charge >= 0.3 is 0 Å². The number of carbonyl (C=O) groups excluding carboxylic acids is 1. The lowest BCUT2D eigenvalue weighted by atomic mass is 10.3. The van der Waals surface area contributed by atoms with Crippen LogP contribution in [0.1, 0.15) is 17.8 Å². The van der Waals surface area contributed by atoms with Crippen LogP contribution < -0.4 is 10.1 Å². The summed E-state index contributed by atoms with van der Waals surface area (Å²) in [6, 6.07) is 9.19. The summed E-state index contributed by atoms with van der Waals surface area (Å²) < 4.78 is 6.81. The maximum Gasteiger partial charge on any atom is 0.253 e. The van der Waals surface area contributed by atoms with Gasteiger partial charge in [0.2, 0.25) is 11.1 Å². The topological polar surface area (TPSA) is 81.4 Å². The highest BCUT2D eigenvalue weighted by molar-refractivity contribution is 7.99. The van der Waals surface area contributed by atoms with Crippen molar-refractivity contribution in [2.45, 2.75) is 25.4 Å². The van der Waals surface area contributed by atoms with Crippen molar-refractivity contribution in [2.24, 2.45) is 0 Å². The molecule has 0 unspecified atom stereocenters. The standard InChI is InChI=1S/C17H19N5O2S/c1-11-10-12(2)22-16(18-11)20-17(21-22)25-9-8-15(23)19-13-4-6-14(24-3)7-5-13/h4-7,10H,8-9H2,1-3H3,(H,19,23). The van der Waals surface area contributed by atoms with Crippen molar-refractivity contribution < 1.29 is 9.53 Å². The summed E-state index contributed by atoms with van der Waals surface area (Å²) in [5, 5.41) is 7.89. The minimum atomic E-state index is -0.0495. The van der Waals surface area contributed by atoms with Gasteiger partial charge in [-0.3, -0.25) is 4.79 Å². The zero-order valence-corrected chi connectivity index (χ0v) is 15.1. The Kier molecular flexibility index (Phi) is 5.18. The van der Waals surface area contributed by atoms with E-state index in [0.29, 0.717) is 23.1 Å². The molecule has 0 atom stereocenters. The number of thioether (sulfide) groups is 1. The molecule has 130 valence electrons. The number of anilines is 1. The third kappa shape index (κ3) is 4.27. The Morgan fingerprint density at radius 1 is 1.24 bits per heavy atom. The van der Waals surface area contributed by atoms with Gasteiger partial charge in [0.05, 0.1) is 7.11 Å². The molecule has 0 fully saturated rings. The van der Waals surface area contributed by atoms with Crippen LogP contribution in [0.15, 0.2) is 35.5 Å². The molecule has 0 radical (unpaired) electrons. The van der Waals surface area contributed by atoms with Crippen molar-refractivity contribution in [3.05, 3.63) is 41.7 Å². The second kappa shape index (κ2) is 7.52. The van der Waals surface area contributed by atoms with Gasteiger partial charge in [-0.1, -0.05) is 11.8 Å². The number of fused-ring (bicyclic) bond motifs is 1. The first-order valence-electron chi connectivity index (χ1n) is 7.83. The van der Waals surface area contributed by atoms with E-state index in [2.05, 4.69) is 20.4 Å². The van der Waals surface area contributed by atoms with Gasteiger partial charge in [-0.2, -0.15) is 4.98 Å². The van der Waals surface area contributed by atoms with Crippen LogP contribution >= 0.6 is 11.8 Å². The number of benzene rings is 1. The first kappa shape index (κ1) is 17.2. The van der Waals surface area contributed by atoms with Gasteiger partial charge in [0.15, 0.2) is 0 Å². The molecule has 0 bridgehead atoms. The van der Waals surface area contributed by atoms with Crippen LogP contribution in [0.5, 0.6) is 5.75 Å². The smallest absolute Gasteiger partial charge is 0.253 e. The quantitative estimate of drug-likeness (QED) is 0.683. The van der Waals surface area contributed by atoms with Crippen LogP contribution in [0.4, 0.5) is 5.69 Å². The number of amides is 1. The van der Waals surface area contributed by atoms with Crippen molar-refractivity contribution in [2.75, 3.05) is 18.2 Å². The molecule has 3 aromatic rings. The summed E-state index contributed by atoms with van der Waals surface area (Å²) in [5.41, 5.74) is 2.64. The molecule has 0 aliphatic carbocycles. The number of nitrogens with zero attached hydrogens (tertiary/aromatic N) is 4. The number of aromatic nitrogens is 4. The average molecular weight is 357 g/mol.